The van der Waals surface area contributed by atoms with Gasteiger partial charge in [0.1, 0.15) is 5.75 Å². The zero-order valence-corrected chi connectivity index (χ0v) is 19.4. The van der Waals surface area contributed by atoms with Crippen LogP contribution in [0.5, 0.6) is 5.75 Å². The first-order chi connectivity index (χ1) is 15.5. The van der Waals surface area contributed by atoms with Crippen LogP contribution in [-0.4, -0.2) is 23.0 Å². The number of anilines is 1. The third-order valence-electron chi connectivity index (χ3n) is 6.12. The van der Waals surface area contributed by atoms with E-state index in [-0.39, 0.29) is 16.3 Å². The van der Waals surface area contributed by atoms with Crippen molar-refractivity contribution in [2.24, 2.45) is 0 Å². The van der Waals surface area contributed by atoms with Crippen molar-refractivity contribution >= 4 is 32.3 Å². The summed E-state index contributed by atoms with van der Waals surface area (Å²) in [7, 11) is -4.02. The predicted molar refractivity (Wildman–Crippen MR) is 128 cm³/mol. The summed E-state index contributed by atoms with van der Waals surface area (Å²) in [6.07, 6.45) is 0. The van der Waals surface area contributed by atoms with E-state index in [2.05, 4.69) is 4.72 Å². The zero-order valence-electron chi connectivity index (χ0n) is 18.6. The van der Waals surface area contributed by atoms with Gasteiger partial charge in [0.15, 0.2) is 0 Å². The number of fused-ring (bicyclic) bond motifs is 1. The maximum Gasteiger partial charge on any atom is 0.269 e. The first-order valence-corrected chi connectivity index (χ1v) is 11.7. The van der Waals surface area contributed by atoms with E-state index < -0.39 is 14.9 Å². The molecule has 0 spiro atoms. The lowest BCUT2D eigenvalue weighted by Gasteiger charge is -2.19. The topological polar surface area (TPSA) is 114 Å². The van der Waals surface area contributed by atoms with Gasteiger partial charge in [0.25, 0.3) is 15.7 Å². The van der Waals surface area contributed by atoms with Crippen molar-refractivity contribution in [3.8, 4) is 11.4 Å². The minimum atomic E-state index is -4.02. The Balaban J connectivity index is 1.86. The van der Waals surface area contributed by atoms with Crippen LogP contribution in [0.3, 0.4) is 0 Å². The van der Waals surface area contributed by atoms with Crippen LogP contribution in [0.25, 0.3) is 16.6 Å². The fourth-order valence-electron chi connectivity index (χ4n) is 3.95. The maximum atomic E-state index is 13.0. The average molecular weight is 466 g/mol. The number of aromatic nitrogens is 1. The Morgan fingerprint density at radius 3 is 2.21 bits per heavy atom. The van der Waals surface area contributed by atoms with Crippen LogP contribution in [0.2, 0.25) is 0 Å². The number of para-hydroxylation sites is 1. The minimum Gasteiger partial charge on any atom is -0.505 e. The number of non-ortho nitro benzene ring substituents is 1. The minimum absolute atomic E-state index is 0.0645. The molecule has 0 radical (unpaired) electrons. The highest BCUT2D eigenvalue weighted by molar-refractivity contribution is 7.92. The lowest BCUT2D eigenvalue weighted by Crippen LogP contribution is -2.15. The van der Waals surface area contributed by atoms with Gasteiger partial charge in [-0.1, -0.05) is 18.2 Å². The summed E-state index contributed by atoms with van der Waals surface area (Å²) in [5.74, 6) is 0.0645. The van der Waals surface area contributed by atoms with Crippen molar-refractivity contribution in [1.82, 2.24) is 4.57 Å². The summed E-state index contributed by atoms with van der Waals surface area (Å²) in [6.45, 7) is 7.40. The molecule has 0 unspecified atom stereocenters. The van der Waals surface area contributed by atoms with Gasteiger partial charge in [-0.25, -0.2) is 8.42 Å². The number of sulfonamides is 1. The molecule has 33 heavy (non-hydrogen) atoms. The Hall–Kier alpha value is -3.85. The quantitative estimate of drug-likeness (QED) is 0.236. The third-order valence-corrected chi connectivity index (χ3v) is 7.50. The van der Waals surface area contributed by atoms with Gasteiger partial charge in [-0.15, -0.1) is 0 Å². The van der Waals surface area contributed by atoms with E-state index in [1.807, 2.05) is 42.7 Å². The number of nitrogens with zero attached hydrogens (tertiary/aromatic N) is 2. The highest BCUT2D eigenvalue weighted by Gasteiger charge is 2.22. The van der Waals surface area contributed by atoms with E-state index in [1.54, 1.807) is 19.9 Å². The Bertz CT molecular complexity index is 1520. The summed E-state index contributed by atoms with van der Waals surface area (Å²) >= 11 is 0. The number of phenols is 1. The van der Waals surface area contributed by atoms with Gasteiger partial charge in [-0.3, -0.25) is 14.8 Å². The summed E-state index contributed by atoms with van der Waals surface area (Å²) in [5, 5.41) is 22.9. The molecule has 0 aliphatic carbocycles. The Morgan fingerprint density at radius 2 is 1.58 bits per heavy atom. The molecule has 0 amide bonds. The van der Waals surface area contributed by atoms with Crippen LogP contribution < -0.4 is 4.72 Å². The number of aromatic hydroxyl groups is 1. The zero-order chi connectivity index (χ0) is 24.1. The van der Waals surface area contributed by atoms with Gasteiger partial charge in [0.2, 0.25) is 0 Å². The second-order valence-electron chi connectivity index (χ2n) is 7.96. The number of benzene rings is 3. The summed E-state index contributed by atoms with van der Waals surface area (Å²) in [4.78, 5) is 10.2. The van der Waals surface area contributed by atoms with Crippen molar-refractivity contribution < 1.29 is 18.4 Å². The molecular formula is C24H23N3O5S. The summed E-state index contributed by atoms with van der Waals surface area (Å²) in [6, 6.07) is 14.1. The van der Waals surface area contributed by atoms with E-state index in [4.69, 9.17) is 0 Å². The lowest BCUT2D eigenvalue weighted by atomic mass is 10.1. The standard InChI is InChI=1S/C24H23N3O5S/c1-14-15(2)24(28)23(26-17(4)16(3)20-7-5-6-8-22(20)26)13-21(14)25-33(31,32)19-11-9-18(10-12-19)27(29)30/h5-13,25,28H,1-4H3. The second-order valence-corrected chi connectivity index (χ2v) is 9.64. The molecule has 1 heterocycles. The van der Waals surface area contributed by atoms with Crippen LogP contribution in [0.1, 0.15) is 22.4 Å². The van der Waals surface area contributed by atoms with Gasteiger partial charge in [0, 0.05) is 23.2 Å². The van der Waals surface area contributed by atoms with Crippen molar-refractivity contribution in [2.75, 3.05) is 4.72 Å². The highest BCUT2D eigenvalue weighted by Crippen LogP contribution is 2.38. The Morgan fingerprint density at radius 1 is 0.939 bits per heavy atom. The van der Waals surface area contributed by atoms with Gasteiger partial charge < -0.3 is 9.67 Å². The summed E-state index contributed by atoms with van der Waals surface area (Å²) in [5.41, 5.74) is 4.59. The second kappa shape index (κ2) is 7.93. The molecule has 170 valence electrons. The molecule has 0 aliphatic heterocycles. The average Bonchev–Trinajstić information content (AvgIpc) is 3.04. The van der Waals surface area contributed by atoms with E-state index in [9.17, 15) is 23.6 Å². The first-order valence-electron chi connectivity index (χ1n) is 10.2. The molecule has 1 aromatic heterocycles. The largest absolute Gasteiger partial charge is 0.505 e. The van der Waals surface area contributed by atoms with Crippen molar-refractivity contribution in [3.63, 3.8) is 0 Å². The van der Waals surface area contributed by atoms with Crippen molar-refractivity contribution in [3.05, 3.63) is 87.1 Å². The van der Waals surface area contributed by atoms with Crippen LogP contribution >= 0.6 is 0 Å². The fourth-order valence-corrected chi connectivity index (χ4v) is 5.07. The van der Waals surface area contributed by atoms with Crippen molar-refractivity contribution in [2.45, 2.75) is 32.6 Å². The van der Waals surface area contributed by atoms with E-state index >= 15 is 0 Å². The molecule has 0 fully saturated rings. The highest BCUT2D eigenvalue weighted by atomic mass is 32.2. The predicted octanol–water partition coefficient (Wildman–Crippen LogP) is 5.28. The van der Waals surface area contributed by atoms with E-state index in [1.165, 1.54) is 12.1 Å². The molecule has 3 aromatic carbocycles. The molecular weight excluding hydrogens is 442 g/mol. The van der Waals surface area contributed by atoms with Crippen LogP contribution in [-0.2, 0) is 10.0 Å². The third kappa shape index (κ3) is 3.70. The number of nitro groups is 1. The van der Waals surface area contributed by atoms with E-state index in [0.717, 1.165) is 34.3 Å². The molecule has 4 aromatic rings. The Kier molecular flexibility index (Phi) is 5.37. The van der Waals surface area contributed by atoms with Gasteiger partial charge in [0.05, 0.1) is 26.7 Å². The normalized spacial score (nSPS) is 11.6. The molecule has 4 rings (SSSR count). The SMILES string of the molecule is Cc1c(NS(=O)(=O)c2ccc([N+](=O)[O-])cc2)cc(-n2c(C)c(C)c3ccccc32)c(O)c1C. The molecule has 0 bridgehead atoms. The van der Waals surface area contributed by atoms with Crippen LogP contribution in [0.15, 0.2) is 59.5 Å². The van der Waals surface area contributed by atoms with Crippen LogP contribution in [0, 0.1) is 37.8 Å². The van der Waals surface area contributed by atoms with Crippen LogP contribution in [0.4, 0.5) is 11.4 Å². The first kappa shape index (κ1) is 22.3. The number of hydrogen-bond acceptors (Lipinski definition) is 5. The molecule has 2 N–H and O–H groups in total. The molecule has 0 atom stereocenters. The number of hydrogen-bond donors (Lipinski definition) is 2. The number of aryl methyl sites for hydroxylation is 1. The molecule has 0 aliphatic rings. The number of nitro benzene ring substituents is 1. The Labute approximate surface area is 191 Å². The van der Waals surface area contributed by atoms with Gasteiger partial charge in [-0.2, -0.15) is 0 Å². The van der Waals surface area contributed by atoms with E-state index in [0.29, 0.717) is 22.5 Å². The molecule has 9 heteroatoms. The number of nitrogens with one attached hydrogen (secondary N) is 1. The van der Waals surface area contributed by atoms with Gasteiger partial charge in [-0.05, 0) is 68.7 Å². The summed E-state index contributed by atoms with van der Waals surface area (Å²) < 4.78 is 30.5. The van der Waals surface area contributed by atoms with Gasteiger partial charge >= 0.3 is 0 Å². The molecule has 0 saturated carbocycles. The molecule has 8 nitrogen and oxygen atoms in total. The maximum absolute atomic E-state index is 13.0. The number of rotatable bonds is 5. The molecule has 0 saturated heterocycles. The monoisotopic (exact) mass is 465 g/mol. The number of phenolic OH excluding ortho intramolecular Hbond substituents is 1. The lowest BCUT2D eigenvalue weighted by molar-refractivity contribution is -0.384. The smallest absolute Gasteiger partial charge is 0.269 e. The van der Waals surface area contributed by atoms with Crippen molar-refractivity contribution in [1.29, 1.82) is 0 Å². The fraction of sp³-hybridized carbons (Fsp3) is 0.167.